The molecule has 5 nitrogen and oxygen atoms in total. The molecule has 0 atom stereocenters. The molecule has 1 aromatic rings. The molecule has 0 amide bonds. The first-order valence-electron chi connectivity index (χ1n) is 7.62. The first-order valence-corrected chi connectivity index (χ1v) is 9.27. The summed E-state index contributed by atoms with van der Waals surface area (Å²) in [5, 5.41) is 0. The molecule has 0 radical (unpaired) electrons. The van der Waals surface area contributed by atoms with Crippen LogP contribution in [-0.2, 0) is 16.4 Å². The first kappa shape index (κ1) is 16.4. The summed E-state index contributed by atoms with van der Waals surface area (Å²) in [4.78, 5) is 3.93. The maximum absolute atomic E-state index is 12.1. The van der Waals surface area contributed by atoms with Crippen molar-refractivity contribution in [2.24, 2.45) is 11.1 Å². The van der Waals surface area contributed by atoms with Crippen LogP contribution in [0.2, 0.25) is 0 Å². The van der Waals surface area contributed by atoms with E-state index in [1.165, 1.54) is 6.42 Å². The van der Waals surface area contributed by atoms with Crippen molar-refractivity contribution < 1.29 is 8.42 Å². The lowest BCUT2D eigenvalue weighted by molar-refractivity contribution is 0.202. The number of nitrogens with one attached hydrogen (secondary N) is 1. The number of hydrogen-bond donors (Lipinski definition) is 2. The Labute approximate surface area is 127 Å². The van der Waals surface area contributed by atoms with Gasteiger partial charge in [-0.3, -0.25) is 4.98 Å². The molecule has 0 aromatic carbocycles. The van der Waals surface area contributed by atoms with Crippen molar-refractivity contribution in [3.05, 3.63) is 30.1 Å². The predicted octanol–water partition coefficient (Wildman–Crippen LogP) is 1.45. The Bertz CT molecular complexity index is 525. The molecule has 1 aromatic heterocycles. The van der Waals surface area contributed by atoms with Gasteiger partial charge in [-0.05, 0) is 48.9 Å². The molecule has 1 heterocycles. The molecule has 0 bridgehead atoms. The molecule has 21 heavy (non-hydrogen) atoms. The number of aromatic nitrogens is 1. The van der Waals surface area contributed by atoms with E-state index in [9.17, 15) is 8.42 Å². The zero-order valence-electron chi connectivity index (χ0n) is 12.4. The van der Waals surface area contributed by atoms with Crippen molar-refractivity contribution in [2.75, 3.05) is 18.8 Å². The Morgan fingerprint density at radius 1 is 1.19 bits per heavy atom. The van der Waals surface area contributed by atoms with Crippen LogP contribution in [0.5, 0.6) is 0 Å². The molecule has 2 rings (SSSR count). The normalized spacial score (nSPS) is 18.5. The summed E-state index contributed by atoms with van der Waals surface area (Å²) < 4.78 is 27.0. The van der Waals surface area contributed by atoms with Crippen LogP contribution in [0.1, 0.15) is 37.7 Å². The second kappa shape index (κ2) is 7.33. The molecule has 6 heteroatoms. The average molecular weight is 311 g/mol. The molecule has 0 saturated heterocycles. The van der Waals surface area contributed by atoms with Crippen molar-refractivity contribution in [1.82, 2.24) is 9.71 Å². The van der Waals surface area contributed by atoms with Gasteiger partial charge in [0.15, 0.2) is 0 Å². The van der Waals surface area contributed by atoms with E-state index in [2.05, 4.69) is 9.71 Å². The molecule has 0 spiro atoms. The zero-order chi connectivity index (χ0) is 15.2. The molecule has 1 fully saturated rings. The summed E-state index contributed by atoms with van der Waals surface area (Å²) >= 11 is 0. The van der Waals surface area contributed by atoms with Gasteiger partial charge in [-0.25, -0.2) is 13.1 Å². The third kappa shape index (κ3) is 5.05. The predicted molar refractivity (Wildman–Crippen MR) is 84.3 cm³/mol. The van der Waals surface area contributed by atoms with Gasteiger partial charge in [-0.2, -0.15) is 0 Å². The minimum atomic E-state index is -3.25. The fraction of sp³-hybridized carbons (Fsp3) is 0.667. The highest BCUT2D eigenvalue weighted by Gasteiger charge is 2.31. The van der Waals surface area contributed by atoms with Gasteiger partial charge in [0.2, 0.25) is 10.0 Å². The third-order valence-electron chi connectivity index (χ3n) is 4.42. The van der Waals surface area contributed by atoms with Gasteiger partial charge >= 0.3 is 0 Å². The summed E-state index contributed by atoms with van der Waals surface area (Å²) in [6, 6.07) is 3.69. The van der Waals surface area contributed by atoms with Crippen molar-refractivity contribution in [3.8, 4) is 0 Å². The number of hydrogen-bond acceptors (Lipinski definition) is 4. The number of pyridine rings is 1. The van der Waals surface area contributed by atoms with Crippen LogP contribution >= 0.6 is 0 Å². The van der Waals surface area contributed by atoms with E-state index in [1.807, 2.05) is 12.1 Å². The van der Waals surface area contributed by atoms with Crippen LogP contribution in [0, 0.1) is 5.41 Å². The maximum Gasteiger partial charge on any atom is 0.211 e. The van der Waals surface area contributed by atoms with Crippen molar-refractivity contribution in [3.63, 3.8) is 0 Å². The molecule has 3 N–H and O–H groups in total. The zero-order valence-corrected chi connectivity index (χ0v) is 13.2. The number of nitrogens with two attached hydrogens (primary N) is 1. The van der Waals surface area contributed by atoms with Crippen LogP contribution in [0.15, 0.2) is 24.5 Å². The van der Waals surface area contributed by atoms with Crippen LogP contribution in [0.3, 0.4) is 0 Å². The fourth-order valence-electron chi connectivity index (χ4n) is 2.89. The molecular weight excluding hydrogens is 286 g/mol. The topological polar surface area (TPSA) is 85.1 Å². The summed E-state index contributed by atoms with van der Waals surface area (Å²) in [5.41, 5.74) is 6.84. The smallest absolute Gasteiger partial charge is 0.211 e. The van der Waals surface area contributed by atoms with Crippen LogP contribution in [-0.4, -0.2) is 32.2 Å². The standard InChI is InChI=1S/C15H25N3O2S/c16-12-15(7-2-1-3-8-15)13-18-21(19,20)11-6-14-4-9-17-10-5-14/h4-5,9-10,18H,1-3,6-8,11-13,16H2. The van der Waals surface area contributed by atoms with Crippen molar-refractivity contribution in [2.45, 2.75) is 38.5 Å². The lowest BCUT2D eigenvalue weighted by Crippen LogP contribution is -2.44. The number of aryl methyl sites for hydroxylation is 1. The van der Waals surface area contributed by atoms with Gasteiger partial charge < -0.3 is 5.73 Å². The van der Waals surface area contributed by atoms with E-state index in [0.717, 1.165) is 31.2 Å². The highest BCUT2D eigenvalue weighted by atomic mass is 32.2. The van der Waals surface area contributed by atoms with Gasteiger partial charge in [0.25, 0.3) is 0 Å². The minimum absolute atomic E-state index is 0.0397. The highest BCUT2D eigenvalue weighted by molar-refractivity contribution is 7.89. The first-order chi connectivity index (χ1) is 10.1. The second-order valence-electron chi connectivity index (χ2n) is 6.01. The largest absolute Gasteiger partial charge is 0.330 e. The van der Waals surface area contributed by atoms with E-state index >= 15 is 0 Å². The van der Waals surface area contributed by atoms with Crippen LogP contribution in [0.25, 0.3) is 0 Å². The molecule has 1 aliphatic rings. The van der Waals surface area contributed by atoms with Gasteiger partial charge in [-0.1, -0.05) is 19.3 Å². The molecule has 1 aliphatic carbocycles. The van der Waals surface area contributed by atoms with Gasteiger partial charge in [0, 0.05) is 18.9 Å². The second-order valence-corrected chi connectivity index (χ2v) is 7.94. The van der Waals surface area contributed by atoms with Gasteiger partial charge in [0.05, 0.1) is 5.75 Å². The van der Waals surface area contributed by atoms with E-state index in [1.54, 1.807) is 12.4 Å². The molecule has 118 valence electrons. The van der Waals surface area contributed by atoms with Crippen molar-refractivity contribution >= 4 is 10.0 Å². The minimum Gasteiger partial charge on any atom is -0.330 e. The Morgan fingerprint density at radius 2 is 1.86 bits per heavy atom. The van der Waals surface area contributed by atoms with Crippen LogP contribution < -0.4 is 10.5 Å². The average Bonchev–Trinajstić information content (AvgIpc) is 2.53. The quantitative estimate of drug-likeness (QED) is 0.798. The van der Waals surface area contributed by atoms with E-state index < -0.39 is 10.0 Å². The van der Waals surface area contributed by atoms with Gasteiger partial charge in [0.1, 0.15) is 0 Å². The van der Waals surface area contributed by atoms with Gasteiger partial charge in [-0.15, -0.1) is 0 Å². The lowest BCUT2D eigenvalue weighted by atomic mass is 9.74. The molecule has 1 saturated carbocycles. The Kier molecular flexibility index (Phi) is 5.72. The number of rotatable bonds is 7. The van der Waals surface area contributed by atoms with Crippen molar-refractivity contribution in [1.29, 1.82) is 0 Å². The molecular formula is C15H25N3O2S. The summed E-state index contributed by atoms with van der Waals surface area (Å²) in [6.45, 7) is 1.03. The van der Waals surface area contributed by atoms with E-state index in [-0.39, 0.29) is 11.2 Å². The summed E-state index contributed by atoms with van der Waals surface area (Å²) in [5.74, 6) is 0.109. The molecule has 0 aliphatic heterocycles. The monoisotopic (exact) mass is 311 g/mol. The summed E-state index contributed by atoms with van der Waals surface area (Å²) in [7, 11) is -3.25. The SMILES string of the molecule is NCC1(CNS(=O)(=O)CCc2ccncc2)CCCCC1. The van der Waals surface area contributed by atoms with E-state index in [4.69, 9.17) is 5.73 Å². The molecule has 0 unspecified atom stereocenters. The maximum atomic E-state index is 12.1. The fourth-order valence-corrected chi connectivity index (χ4v) is 4.07. The third-order valence-corrected chi connectivity index (χ3v) is 5.75. The Balaban J connectivity index is 1.85. The Morgan fingerprint density at radius 3 is 2.48 bits per heavy atom. The Hall–Kier alpha value is -0.980. The van der Waals surface area contributed by atoms with E-state index in [0.29, 0.717) is 19.5 Å². The van der Waals surface area contributed by atoms with Crippen LogP contribution in [0.4, 0.5) is 0 Å². The lowest BCUT2D eigenvalue weighted by Gasteiger charge is -2.36. The number of sulfonamides is 1. The number of nitrogens with zero attached hydrogens (tertiary/aromatic N) is 1. The summed E-state index contributed by atoms with van der Waals surface area (Å²) in [6.07, 6.45) is 9.45. The highest BCUT2D eigenvalue weighted by Crippen LogP contribution is 2.34.